The van der Waals surface area contributed by atoms with Crippen molar-refractivity contribution >= 4 is 11.4 Å². The Kier molecular flexibility index (Phi) is 8.87. The van der Waals surface area contributed by atoms with E-state index in [0.717, 1.165) is 24.0 Å². The highest BCUT2D eigenvalue weighted by Crippen LogP contribution is 2.45. The fourth-order valence-electron chi connectivity index (χ4n) is 4.88. The molecular formula is C33H38N2O4. The van der Waals surface area contributed by atoms with E-state index in [2.05, 4.69) is 38.1 Å². The van der Waals surface area contributed by atoms with Crippen molar-refractivity contribution in [2.24, 2.45) is 0 Å². The molecule has 0 aliphatic carbocycles. The molecule has 0 aromatic heterocycles. The zero-order valence-corrected chi connectivity index (χ0v) is 23.2. The molecule has 6 heteroatoms. The van der Waals surface area contributed by atoms with Crippen LogP contribution >= 0.6 is 0 Å². The summed E-state index contributed by atoms with van der Waals surface area (Å²) in [5, 5.41) is 0. The van der Waals surface area contributed by atoms with Crippen molar-refractivity contribution in [1.29, 1.82) is 0 Å². The lowest BCUT2D eigenvalue weighted by atomic mass is 9.70. The Morgan fingerprint density at radius 3 is 1.23 bits per heavy atom. The van der Waals surface area contributed by atoms with Crippen molar-refractivity contribution in [2.45, 2.75) is 46.0 Å². The summed E-state index contributed by atoms with van der Waals surface area (Å²) in [5.74, 6) is 4.13. The van der Waals surface area contributed by atoms with Crippen molar-refractivity contribution in [3.05, 3.63) is 96.1 Å². The van der Waals surface area contributed by atoms with Gasteiger partial charge in [-0.2, -0.15) is 0 Å². The van der Waals surface area contributed by atoms with E-state index in [1.807, 2.05) is 74.5 Å². The molecule has 0 saturated carbocycles. The van der Waals surface area contributed by atoms with Gasteiger partial charge in [-0.1, -0.05) is 26.0 Å². The third-order valence-corrected chi connectivity index (χ3v) is 7.02. The van der Waals surface area contributed by atoms with Crippen LogP contribution in [0, 0.1) is 0 Å². The number of anilines is 2. The van der Waals surface area contributed by atoms with E-state index in [1.54, 1.807) is 0 Å². The van der Waals surface area contributed by atoms with E-state index in [1.165, 1.54) is 0 Å². The number of nitrogen functional groups attached to an aromatic ring is 2. The van der Waals surface area contributed by atoms with Crippen molar-refractivity contribution < 1.29 is 18.9 Å². The van der Waals surface area contributed by atoms with Gasteiger partial charge < -0.3 is 30.4 Å². The zero-order valence-electron chi connectivity index (χ0n) is 23.2. The van der Waals surface area contributed by atoms with Gasteiger partial charge in [0.05, 0.1) is 13.2 Å². The van der Waals surface area contributed by atoms with E-state index < -0.39 is 0 Å². The average molecular weight is 527 g/mol. The largest absolute Gasteiger partial charge is 0.490 e. The van der Waals surface area contributed by atoms with Crippen molar-refractivity contribution in [1.82, 2.24) is 0 Å². The molecule has 0 spiro atoms. The van der Waals surface area contributed by atoms with Gasteiger partial charge in [-0.25, -0.2) is 0 Å². The lowest BCUT2D eigenvalue weighted by Crippen LogP contribution is -2.26. The Morgan fingerprint density at radius 2 is 0.897 bits per heavy atom. The summed E-state index contributed by atoms with van der Waals surface area (Å²) in [5.41, 5.74) is 15.1. The molecule has 0 fully saturated rings. The second-order valence-corrected chi connectivity index (χ2v) is 9.32. The third-order valence-electron chi connectivity index (χ3n) is 7.02. The van der Waals surface area contributed by atoms with Gasteiger partial charge in [-0.3, -0.25) is 0 Å². The molecule has 39 heavy (non-hydrogen) atoms. The highest BCUT2D eigenvalue weighted by Gasteiger charge is 2.33. The van der Waals surface area contributed by atoms with Crippen molar-refractivity contribution in [2.75, 3.05) is 24.7 Å². The summed E-state index contributed by atoms with van der Waals surface area (Å²) in [6, 6.07) is 27.1. The molecule has 0 heterocycles. The standard InChI is InChI=1S/C33H38N2O4/c1-5-33(6-2,23-9-19-29(31(21-23)36-7-3)38-27-15-11-25(34)12-16-27)24-10-20-30(32(22-24)37-8-4)39-28-17-13-26(35)14-18-28/h9-22H,5-8,34-35H2,1-4H3. The van der Waals surface area contributed by atoms with Crippen LogP contribution in [0.1, 0.15) is 51.7 Å². The molecule has 0 aliphatic rings. The fourth-order valence-corrected chi connectivity index (χ4v) is 4.88. The van der Waals surface area contributed by atoms with Crippen LogP contribution in [-0.4, -0.2) is 13.2 Å². The van der Waals surface area contributed by atoms with Gasteiger partial charge in [-0.05, 0) is 111 Å². The Balaban J connectivity index is 1.72. The minimum Gasteiger partial charge on any atom is -0.490 e. The summed E-state index contributed by atoms with van der Waals surface area (Å²) in [4.78, 5) is 0. The zero-order chi connectivity index (χ0) is 27.8. The van der Waals surface area contributed by atoms with Gasteiger partial charge in [-0.15, -0.1) is 0 Å². The van der Waals surface area contributed by atoms with Crippen LogP contribution in [0.4, 0.5) is 11.4 Å². The first-order valence-electron chi connectivity index (χ1n) is 13.5. The molecular weight excluding hydrogens is 488 g/mol. The highest BCUT2D eigenvalue weighted by molar-refractivity contribution is 5.54. The van der Waals surface area contributed by atoms with Crippen LogP contribution in [0.15, 0.2) is 84.9 Å². The molecule has 4 aromatic rings. The van der Waals surface area contributed by atoms with Crippen molar-refractivity contribution in [3.8, 4) is 34.5 Å². The molecule has 0 atom stereocenters. The first kappa shape index (κ1) is 27.7. The number of hydrogen-bond donors (Lipinski definition) is 2. The second kappa shape index (κ2) is 12.5. The van der Waals surface area contributed by atoms with Crippen LogP contribution in [0.3, 0.4) is 0 Å². The fraction of sp³-hybridized carbons (Fsp3) is 0.273. The van der Waals surface area contributed by atoms with Gasteiger partial charge in [0, 0.05) is 16.8 Å². The first-order valence-corrected chi connectivity index (χ1v) is 13.5. The van der Waals surface area contributed by atoms with Gasteiger partial charge in [0.2, 0.25) is 0 Å². The molecule has 6 nitrogen and oxygen atoms in total. The highest BCUT2D eigenvalue weighted by atomic mass is 16.5. The molecule has 0 bridgehead atoms. The number of rotatable bonds is 12. The minimum atomic E-state index is -0.267. The van der Waals surface area contributed by atoms with E-state index in [0.29, 0.717) is 59.1 Å². The van der Waals surface area contributed by atoms with Gasteiger partial charge in [0.25, 0.3) is 0 Å². The third kappa shape index (κ3) is 6.23. The average Bonchev–Trinajstić information content (AvgIpc) is 2.95. The lowest BCUT2D eigenvalue weighted by Gasteiger charge is -2.34. The predicted octanol–water partition coefficient (Wildman–Crippen LogP) is 8.34. The van der Waals surface area contributed by atoms with E-state index >= 15 is 0 Å². The molecule has 4 rings (SSSR count). The molecule has 0 unspecified atom stereocenters. The maximum absolute atomic E-state index is 6.16. The first-order chi connectivity index (χ1) is 18.9. The SMILES string of the molecule is CCOc1cc(C(CC)(CC)c2ccc(Oc3ccc(N)cc3)c(OCC)c2)ccc1Oc1ccc(N)cc1. The Morgan fingerprint density at radius 1 is 0.513 bits per heavy atom. The maximum atomic E-state index is 6.16. The second-order valence-electron chi connectivity index (χ2n) is 9.32. The minimum absolute atomic E-state index is 0.267. The topological polar surface area (TPSA) is 89.0 Å². The lowest BCUT2D eigenvalue weighted by molar-refractivity contribution is 0.318. The number of nitrogens with two attached hydrogens (primary N) is 2. The van der Waals surface area contributed by atoms with E-state index in [9.17, 15) is 0 Å². The summed E-state index contributed by atoms with van der Waals surface area (Å²) >= 11 is 0. The van der Waals surface area contributed by atoms with Crippen molar-refractivity contribution in [3.63, 3.8) is 0 Å². The summed E-state index contributed by atoms with van der Waals surface area (Å²) < 4.78 is 24.4. The van der Waals surface area contributed by atoms with Crippen LogP contribution in [0.5, 0.6) is 34.5 Å². The van der Waals surface area contributed by atoms with Crippen LogP contribution in [0.25, 0.3) is 0 Å². The Labute approximate surface area is 231 Å². The summed E-state index contributed by atoms with van der Waals surface area (Å²) in [7, 11) is 0. The summed E-state index contributed by atoms with van der Waals surface area (Å²) in [6.07, 6.45) is 1.77. The van der Waals surface area contributed by atoms with Crippen LogP contribution in [-0.2, 0) is 5.41 Å². The van der Waals surface area contributed by atoms with Gasteiger partial charge >= 0.3 is 0 Å². The van der Waals surface area contributed by atoms with Gasteiger partial charge in [0.15, 0.2) is 23.0 Å². The predicted molar refractivity (Wildman–Crippen MR) is 158 cm³/mol. The van der Waals surface area contributed by atoms with Gasteiger partial charge in [0.1, 0.15) is 11.5 Å². The number of hydrogen-bond acceptors (Lipinski definition) is 6. The Hall–Kier alpha value is -4.32. The Bertz CT molecular complexity index is 1260. The molecule has 204 valence electrons. The number of benzene rings is 4. The molecule has 0 radical (unpaired) electrons. The molecule has 4 N–H and O–H groups in total. The quantitative estimate of drug-likeness (QED) is 0.180. The van der Waals surface area contributed by atoms with Crippen LogP contribution in [0.2, 0.25) is 0 Å². The monoisotopic (exact) mass is 526 g/mol. The van der Waals surface area contributed by atoms with E-state index in [-0.39, 0.29) is 5.41 Å². The maximum Gasteiger partial charge on any atom is 0.169 e. The number of ether oxygens (including phenoxy) is 4. The summed E-state index contributed by atoms with van der Waals surface area (Å²) in [6.45, 7) is 9.42. The molecule has 0 amide bonds. The molecule has 0 aliphatic heterocycles. The molecule has 0 saturated heterocycles. The molecule has 4 aromatic carbocycles. The smallest absolute Gasteiger partial charge is 0.169 e. The van der Waals surface area contributed by atoms with E-state index in [4.69, 9.17) is 30.4 Å². The normalized spacial score (nSPS) is 11.2. The van der Waals surface area contributed by atoms with Crippen LogP contribution < -0.4 is 30.4 Å².